The number of benzene rings is 1. The molecular weight excluding hydrogens is 557 g/mol. The molecule has 2 unspecified atom stereocenters. The smallest absolute Gasteiger partial charge is 0.278 e. The second-order valence-electron chi connectivity index (χ2n) is 12.7. The molecule has 3 fully saturated rings. The van der Waals surface area contributed by atoms with Crippen molar-refractivity contribution in [2.75, 3.05) is 24.1 Å². The number of sulfonamides is 1. The third kappa shape index (κ3) is 5.39. The third-order valence-corrected chi connectivity index (χ3v) is 11.4. The zero-order valence-corrected chi connectivity index (χ0v) is 25.5. The second-order valence-corrected chi connectivity index (χ2v) is 14.6. The van der Waals surface area contributed by atoms with E-state index < -0.39 is 26.6 Å². The van der Waals surface area contributed by atoms with Gasteiger partial charge in [-0.15, -0.1) is 0 Å². The lowest BCUT2D eigenvalue weighted by molar-refractivity contribution is 0.122. The minimum absolute atomic E-state index is 0.0596. The molecule has 0 aliphatic heterocycles. The number of hydrogen-bond acceptors (Lipinski definition) is 8. The summed E-state index contributed by atoms with van der Waals surface area (Å²) in [6.07, 6.45) is 9.59. The Balaban J connectivity index is 1.26. The summed E-state index contributed by atoms with van der Waals surface area (Å²) in [4.78, 5) is 29.7. The molecule has 2 bridgehead atoms. The summed E-state index contributed by atoms with van der Waals surface area (Å²) in [5.74, 6) is 0.00186. The Labute approximate surface area is 246 Å². The van der Waals surface area contributed by atoms with Gasteiger partial charge in [-0.25, -0.2) is 22.8 Å². The van der Waals surface area contributed by atoms with Crippen molar-refractivity contribution >= 4 is 32.8 Å². The van der Waals surface area contributed by atoms with Crippen LogP contribution in [0.15, 0.2) is 29.2 Å². The summed E-state index contributed by atoms with van der Waals surface area (Å²) in [6, 6.07) is 4.67. The van der Waals surface area contributed by atoms with E-state index in [0.717, 1.165) is 51.4 Å². The molecule has 6 rings (SSSR count). The summed E-state index contributed by atoms with van der Waals surface area (Å²) >= 11 is 0. The van der Waals surface area contributed by atoms with Crippen LogP contribution in [0, 0.1) is 17.7 Å². The molecule has 2 atom stereocenters. The van der Waals surface area contributed by atoms with Crippen LogP contribution < -0.4 is 15.6 Å². The molecular formula is C30H40FN7O3S. The molecule has 12 heteroatoms. The molecule has 0 saturated heterocycles. The Kier molecular flexibility index (Phi) is 7.71. The molecule has 42 heavy (non-hydrogen) atoms. The molecule has 2 aromatic heterocycles. The molecule has 3 aromatic rings. The van der Waals surface area contributed by atoms with Gasteiger partial charge in [-0.1, -0.05) is 12.5 Å². The van der Waals surface area contributed by atoms with Crippen molar-refractivity contribution in [2.24, 2.45) is 11.8 Å². The number of hydrogen-bond donors (Lipinski definition) is 2. The topological polar surface area (TPSA) is 122 Å². The summed E-state index contributed by atoms with van der Waals surface area (Å²) < 4.78 is 45.4. The highest BCUT2D eigenvalue weighted by molar-refractivity contribution is 7.93. The fourth-order valence-corrected chi connectivity index (χ4v) is 9.30. The molecule has 3 saturated carbocycles. The first-order valence-corrected chi connectivity index (χ1v) is 16.6. The first-order chi connectivity index (χ1) is 20.0. The van der Waals surface area contributed by atoms with E-state index in [2.05, 4.69) is 44.0 Å². The highest BCUT2D eigenvalue weighted by atomic mass is 32.2. The molecule has 2 heterocycles. The maximum atomic E-state index is 15.3. The lowest BCUT2D eigenvalue weighted by Gasteiger charge is -2.48. The van der Waals surface area contributed by atoms with Crippen LogP contribution in [-0.4, -0.2) is 64.3 Å². The molecule has 0 spiro atoms. The van der Waals surface area contributed by atoms with E-state index in [-0.39, 0.29) is 40.9 Å². The van der Waals surface area contributed by atoms with Gasteiger partial charge in [0.25, 0.3) is 5.56 Å². The Bertz CT molecular complexity index is 1640. The quantitative estimate of drug-likeness (QED) is 0.380. The van der Waals surface area contributed by atoms with Crippen LogP contribution in [-0.2, 0) is 10.0 Å². The van der Waals surface area contributed by atoms with E-state index in [0.29, 0.717) is 23.2 Å². The zero-order chi connectivity index (χ0) is 29.8. The SMILES string of the molecule is CC(C)n1c(=O)c(-c2ccc(NS(=O)(=O)C3C4CCCC3C4)c(F)c2)nc2cnc(N[C@H]3CC[C@H](N(C)C)CC3)nc21. The van der Waals surface area contributed by atoms with Gasteiger partial charge in [0.05, 0.1) is 17.1 Å². The van der Waals surface area contributed by atoms with Gasteiger partial charge in [0.15, 0.2) is 5.65 Å². The van der Waals surface area contributed by atoms with Crippen molar-refractivity contribution in [1.29, 1.82) is 0 Å². The number of rotatable bonds is 8. The number of halogens is 1. The second kappa shape index (κ2) is 11.2. The predicted molar refractivity (Wildman–Crippen MR) is 163 cm³/mol. The van der Waals surface area contributed by atoms with Gasteiger partial charge >= 0.3 is 0 Å². The van der Waals surface area contributed by atoms with E-state index in [1.807, 2.05) is 13.8 Å². The van der Waals surface area contributed by atoms with Crippen molar-refractivity contribution < 1.29 is 12.8 Å². The predicted octanol–water partition coefficient (Wildman–Crippen LogP) is 4.79. The normalized spacial score (nSPS) is 25.9. The van der Waals surface area contributed by atoms with E-state index in [4.69, 9.17) is 0 Å². The van der Waals surface area contributed by atoms with Gasteiger partial charge in [0.1, 0.15) is 17.0 Å². The summed E-state index contributed by atoms with van der Waals surface area (Å²) in [5.41, 5.74) is 0.633. The molecule has 0 amide bonds. The highest BCUT2D eigenvalue weighted by Crippen LogP contribution is 2.49. The maximum Gasteiger partial charge on any atom is 0.278 e. The number of fused-ring (bicyclic) bond motifs is 3. The molecule has 0 radical (unpaired) electrons. The van der Waals surface area contributed by atoms with E-state index in [9.17, 15) is 13.2 Å². The maximum absolute atomic E-state index is 15.3. The number of anilines is 2. The van der Waals surface area contributed by atoms with Crippen molar-refractivity contribution in [2.45, 2.75) is 88.6 Å². The Morgan fingerprint density at radius 1 is 1.05 bits per heavy atom. The van der Waals surface area contributed by atoms with E-state index >= 15 is 4.39 Å². The zero-order valence-electron chi connectivity index (χ0n) is 24.7. The lowest BCUT2D eigenvalue weighted by atomic mass is 9.65. The van der Waals surface area contributed by atoms with Crippen molar-refractivity contribution in [1.82, 2.24) is 24.4 Å². The molecule has 10 nitrogen and oxygen atoms in total. The Morgan fingerprint density at radius 2 is 1.76 bits per heavy atom. The van der Waals surface area contributed by atoms with Crippen molar-refractivity contribution in [3.8, 4) is 11.3 Å². The monoisotopic (exact) mass is 597 g/mol. The number of nitrogens with one attached hydrogen (secondary N) is 2. The van der Waals surface area contributed by atoms with Crippen LogP contribution >= 0.6 is 0 Å². The number of aromatic nitrogens is 4. The van der Waals surface area contributed by atoms with Crippen LogP contribution in [0.2, 0.25) is 0 Å². The van der Waals surface area contributed by atoms with E-state index in [1.165, 1.54) is 18.2 Å². The summed E-state index contributed by atoms with van der Waals surface area (Å²) in [7, 11) is 0.516. The van der Waals surface area contributed by atoms with Gasteiger partial charge in [-0.2, -0.15) is 4.98 Å². The fraction of sp³-hybridized carbons (Fsp3) is 0.600. The number of nitrogens with zero attached hydrogens (tertiary/aromatic N) is 5. The van der Waals surface area contributed by atoms with E-state index in [1.54, 1.807) is 10.8 Å². The minimum atomic E-state index is -3.71. The van der Waals surface area contributed by atoms with Gasteiger partial charge in [0, 0.05) is 23.7 Å². The van der Waals surface area contributed by atoms with Gasteiger partial charge in [-0.3, -0.25) is 14.1 Å². The molecule has 1 aromatic carbocycles. The van der Waals surface area contributed by atoms with Crippen LogP contribution in [0.4, 0.5) is 16.0 Å². The van der Waals surface area contributed by atoms with Crippen LogP contribution in [0.1, 0.15) is 71.3 Å². The lowest BCUT2D eigenvalue weighted by Crippen LogP contribution is -2.52. The Hall–Kier alpha value is -3.12. The highest BCUT2D eigenvalue weighted by Gasteiger charge is 2.51. The van der Waals surface area contributed by atoms with Gasteiger partial charge in [0.2, 0.25) is 16.0 Å². The first kappa shape index (κ1) is 29.0. The van der Waals surface area contributed by atoms with Gasteiger partial charge in [-0.05, 0) is 96.9 Å². The van der Waals surface area contributed by atoms with Crippen LogP contribution in [0.25, 0.3) is 22.4 Å². The summed E-state index contributed by atoms with van der Waals surface area (Å²) in [6.45, 7) is 3.77. The molecule has 3 aliphatic rings. The van der Waals surface area contributed by atoms with Crippen LogP contribution in [0.5, 0.6) is 0 Å². The van der Waals surface area contributed by atoms with Crippen LogP contribution in [0.3, 0.4) is 0 Å². The van der Waals surface area contributed by atoms with Gasteiger partial charge < -0.3 is 10.2 Å². The van der Waals surface area contributed by atoms with Crippen molar-refractivity contribution in [3.63, 3.8) is 0 Å². The molecule has 3 aliphatic carbocycles. The molecule has 2 N–H and O–H groups in total. The van der Waals surface area contributed by atoms with Crippen molar-refractivity contribution in [3.05, 3.63) is 40.6 Å². The Morgan fingerprint density at radius 3 is 2.38 bits per heavy atom. The molecule has 226 valence electrons. The first-order valence-electron chi connectivity index (χ1n) is 15.1. The fourth-order valence-electron chi connectivity index (χ4n) is 7.18. The third-order valence-electron chi connectivity index (χ3n) is 9.45. The minimum Gasteiger partial charge on any atom is -0.351 e. The largest absolute Gasteiger partial charge is 0.351 e. The standard InChI is InChI=1S/C30H40FN7O3S/c1-17(2)38-28-25(16-32-30(35-28)33-21-9-11-22(12-10-21)37(3)4)34-26(29(38)39)18-8-13-24(23(31)15-18)36-42(40,41)27-19-6-5-7-20(27)14-19/h8,13,15-17,19-22,27,36H,5-7,9-12,14H2,1-4H3,(H,32,33,35)/t19?,20?,21-,22-,27?. The summed E-state index contributed by atoms with van der Waals surface area (Å²) in [5, 5.41) is 2.98. The average Bonchev–Trinajstić information content (AvgIpc) is 2.94. The average molecular weight is 598 g/mol.